The molecule has 5 nitrogen and oxygen atoms in total. The van der Waals surface area contributed by atoms with E-state index in [-0.39, 0.29) is 5.69 Å². The third-order valence-electron chi connectivity index (χ3n) is 2.56. The van der Waals surface area contributed by atoms with Crippen LogP contribution in [0.4, 0.5) is 0 Å². The van der Waals surface area contributed by atoms with Gasteiger partial charge in [-0.05, 0) is 41.9 Å². The summed E-state index contributed by atoms with van der Waals surface area (Å²) in [5.41, 5.74) is 0.0317. The van der Waals surface area contributed by atoms with Crippen LogP contribution in [0.25, 0.3) is 0 Å². The Bertz CT molecular complexity index is 405. The zero-order valence-corrected chi connectivity index (χ0v) is 10.3. The van der Waals surface area contributed by atoms with Gasteiger partial charge in [0, 0.05) is 6.20 Å². The van der Waals surface area contributed by atoms with E-state index in [1.807, 2.05) is 0 Å². The van der Waals surface area contributed by atoms with Gasteiger partial charge in [0.2, 0.25) is 0 Å². The largest absolute Gasteiger partial charge is 0.476 e. The molecule has 2 heterocycles. The molecule has 1 N–H and O–H groups in total. The van der Waals surface area contributed by atoms with Crippen molar-refractivity contribution >= 4 is 21.9 Å². The van der Waals surface area contributed by atoms with E-state index in [4.69, 9.17) is 5.11 Å². The second kappa shape index (κ2) is 4.88. The highest BCUT2D eigenvalue weighted by molar-refractivity contribution is 9.10. The number of hydrogen-bond acceptors (Lipinski definition) is 4. The molecule has 1 saturated heterocycles. The first-order chi connectivity index (χ1) is 7.66. The molecule has 1 aromatic heterocycles. The molecule has 1 aliphatic rings. The number of likely N-dealkylation sites (tertiary alicyclic amines) is 1. The first-order valence-corrected chi connectivity index (χ1v) is 5.93. The van der Waals surface area contributed by atoms with Crippen molar-refractivity contribution in [3.8, 4) is 0 Å². The van der Waals surface area contributed by atoms with Crippen molar-refractivity contribution in [1.29, 1.82) is 0 Å². The van der Waals surface area contributed by atoms with Gasteiger partial charge >= 0.3 is 5.97 Å². The van der Waals surface area contributed by atoms with Gasteiger partial charge in [0.25, 0.3) is 0 Å². The molecule has 1 aliphatic heterocycles. The molecule has 0 amide bonds. The first kappa shape index (κ1) is 11.5. The van der Waals surface area contributed by atoms with E-state index in [1.54, 1.807) is 0 Å². The summed E-state index contributed by atoms with van der Waals surface area (Å²) in [6, 6.07) is 0. The Morgan fingerprint density at radius 1 is 1.50 bits per heavy atom. The average Bonchev–Trinajstić information content (AvgIpc) is 2.73. The minimum Gasteiger partial charge on any atom is -0.476 e. The molecule has 16 heavy (non-hydrogen) atoms. The summed E-state index contributed by atoms with van der Waals surface area (Å²) in [4.78, 5) is 21.3. The Morgan fingerprint density at radius 2 is 2.19 bits per heavy atom. The number of carbonyl (C=O) groups is 1. The highest BCUT2D eigenvalue weighted by atomic mass is 79.9. The van der Waals surface area contributed by atoms with Crippen molar-refractivity contribution in [2.45, 2.75) is 19.4 Å². The average molecular weight is 286 g/mol. The van der Waals surface area contributed by atoms with E-state index in [0.29, 0.717) is 16.8 Å². The Hall–Kier alpha value is -1.01. The molecular formula is C10H12BrN3O2. The lowest BCUT2D eigenvalue weighted by Gasteiger charge is -2.13. The molecule has 0 atom stereocenters. The zero-order chi connectivity index (χ0) is 11.5. The highest BCUT2D eigenvalue weighted by Gasteiger charge is 2.16. The third-order valence-corrected chi connectivity index (χ3v) is 3.14. The second-order valence-corrected chi connectivity index (χ2v) is 4.63. The maximum absolute atomic E-state index is 10.9. The van der Waals surface area contributed by atoms with Crippen molar-refractivity contribution in [1.82, 2.24) is 14.9 Å². The van der Waals surface area contributed by atoms with Crippen LogP contribution in [0.15, 0.2) is 10.7 Å². The minimum absolute atomic E-state index is 0.0317. The van der Waals surface area contributed by atoms with E-state index < -0.39 is 5.97 Å². The summed E-state index contributed by atoms with van der Waals surface area (Å²) in [5, 5.41) is 8.92. The van der Waals surface area contributed by atoms with Crippen LogP contribution >= 0.6 is 15.9 Å². The van der Waals surface area contributed by atoms with Gasteiger partial charge in [0.15, 0.2) is 5.69 Å². The molecule has 0 radical (unpaired) electrons. The summed E-state index contributed by atoms with van der Waals surface area (Å²) in [6.07, 6.45) is 3.90. The quantitative estimate of drug-likeness (QED) is 0.912. The fourth-order valence-corrected chi connectivity index (χ4v) is 2.13. The van der Waals surface area contributed by atoms with Crippen molar-refractivity contribution in [3.05, 3.63) is 22.2 Å². The van der Waals surface area contributed by atoms with Gasteiger partial charge in [0.05, 0.1) is 11.0 Å². The number of hydrogen-bond donors (Lipinski definition) is 1. The third kappa shape index (κ3) is 2.56. The SMILES string of the molecule is O=C(O)c1nc(CN2CCCC2)ncc1Br. The summed E-state index contributed by atoms with van der Waals surface area (Å²) >= 11 is 3.12. The summed E-state index contributed by atoms with van der Waals surface area (Å²) in [5.74, 6) is -0.459. The van der Waals surface area contributed by atoms with Crippen molar-refractivity contribution in [3.63, 3.8) is 0 Å². The molecule has 86 valence electrons. The summed E-state index contributed by atoms with van der Waals surface area (Å²) in [7, 11) is 0. The van der Waals surface area contributed by atoms with Crippen molar-refractivity contribution in [2.75, 3.05) is 13.1 Å². The van der Waals surface area contributed by atoms with Crippen LogP contribution in [0.1, 0.15) is 29.2 Å². The van der Waals surface area contributed by atoms with E-state index in [9.17, 15) is 4.79 Å². The van der Waals surface area contributed by atoms with E-state index in [2.05, 4.69) is 30.8 Å². The fourth-order valence-electron chi connectivity index (χ4n) is 1.77. The van der Waals surface area contributed by atoms with Crippen LogP contribution in [-0.2, 0) is 6.54 Å². The van der Waals surface area contributed by atoms with Crippen LogP contribution in [-0.4, -0.2) is 39.0 Å². The lowest BCUT2D eigenvalue weighted by Crippen LogP contribution is -2.20. The molecule has 0 bridgehead atoms. The molecule has 0 unspecified atom stereocenters. The predicted octanol–water partition coefficient (Wildman–Crippen LogP) is 1.53. The smallest absolute Gasteiger partial charge is 0.355 e. The molecular weight excluding hydrogens is 274 g/mol. The Labute approximate surface area is 102 Å². The van der Waals surface area contributed by atoms with Gasteiger partial charge in [-0.2, -0.15) is 0 Å². The number of halogens is 1. The van der Waals surface area contributed by atoms with Gasteiger partial charge in [-0.1, -0.05) is 0 Å². The van der Waals surface area contributed by atoms with Gasteiger partial charge in [0.1, 0.15) is 5.82 Å². The second-order valence-electron chi connectivity index (χ2n) is 3.77. The zero-order valence-electron chi connectivity index (χ0n) is 8.69. The van der Waals surface area contributed by atoms with E-state index in [1.165, 1.54) is 19.0 Å². The Kier molecular flexibility index (Phi) is 3.50. The molecule has 0 aromatic carbocycles. The molecule has 6 heteroatoms. The molecule has 1 fully saturated rings. The Morgan fingerprint density at radius 3 is 2.81 bits per heavy atom. The first-order valence-electron chi connectivity index (χ1n) is 5.14. The van der Waals surface area contributed by atoms with Crippen molar-refractivity contribution < 1.29 is 9.90 Å². The standard InChI is InChI=1S/C10H12BrN3O2/c11-7-5-12-8(13-9(7)10(15)16)6-14-3-1-2-4-14/h5H,1-4,6H2,(H,15,16). The summed E-state index contributed by atoms with van der Waals surface area (Å²) in [6.45, 7) is 2.72. The maximum atomic E-state index is 10.9. The molecule has 0 saturated carbocycles. The predicted molar refractivity (Wildman–Crippen MR) is 61.2 cm³/mol. The number of rotatable bonds is 3. The van der Waals surface area contributed by atoms with Crippen LogP contribution in [0.2, 0.25) is 0 Å². The van der Waals surface area contributed by atoms with Gasteiger partial charge in [-0.25, -0.2) is 14.8 Å². The maximum Gasteiger partial charge on any atom is 0.355 e. The fraction of sp³-hybridized carbons (Fsp3) is 0.500. The van der Waals surface area contributed by atoms with Crippen LogP contribution in [0, 0.1) is 0 Å². The Balaban J connectivity index is 2.15. The monoisotopic (exact) mass is 285 g/mol. The lowest BCUT2D eigenvalue weighted by molar-refractivity contribution is 0.0688. The minimum atomic E-state index is -1.03. The molecule has 0 spiro atoms. The number of aromatic nitrogens is 2. The lowest BCUT2D eigenvalue weighted by atomic mass is 10.4. The summed E-state index contributed by atoms with van der Waals surface area (Å²) < 4.78 is 0.421. The molecule has 2 rings (SSSR count). The number of carboxylic acid groups (broad SMARTS) is 1. The number of nitrogens with zero attached hydrogens (tertiary/aromatic N) is 3. The number of aromatic carboxylic acids is 1. The van der Waals surface area contributed by atoms with Crippen LogP contribution in [0.5, 0.6) is 0 Å². The highest BCUT2D eigenvalue weighted by Crippen LogP contribution is 2.15. The van der Waals surface area contributed by atoms with Crippen LogP contribution in [0.3, 0.4) is 0 Å². The van der Waals surface area contributed by atoms with Gasteiger partial charge in [-0.15, -0.1) is 0 Å². The van der Waals surface area contributed by atoms with Crippen molar-refractivity contribution in [2.24, 2.45) is 0 Å². The van der Waals surface area contributed by atoms with Gasteiger partial charge in [-0.3, -0.25) is 4.90 Å². The van der Waals surface area contributed by atoms with E-state index in [0.717, 1.165) is 13.1 Å². The van der Waals surface area contributed by atoms with Crippen LogP contribution < -0.4 is 0 Å². The molecule has 1 aromatic rings. The van der Waals surface area contributed by atoms with Gasteiger partial charge < -0.3 is 5.11 Å². The number of carboxylic acids is 1. The van der Waals surface area contributed by atoms with E-state index >= 15 is 0 Å². The molecule has 0 aliphatic carbocycles. The topological polar surface area (TPSA) is 66.3 Å². The normalized spacial score (nSPS) is 16.6.